The van der Waals surface area contributed by atoms with Crippen LogP contribution in [0, 0.1) is 6.92 Å². The number of carbonyl (C=O) groups excluding carboxylic acids is 1. The fourth-order valence-electron chi connectivity index (χ4n) is 0.288. The van der Waals surface area contributed by atoms with Gasteiger partial charge in [-0.2, -0.15) is 0 Å². The van der Waals surface area contributed by atoms with E-state index in [1.165, 1.54) is 0 Å². The molecule has 0 aliphatic heterocycles. The van der Waals surface area contributed by atoms with Crippen LogP contribution in [0.1, 0.15) is 13.8 Å². The van der Waals surface area contributed by atoms with Crippen molar-refractivity contribution >= 4 is 5.91 Å². The van der Waals surface area contributed by atoms with E-state index in [0.717, 1.165) is 0 Å². The Hall–Kier alpha value is 0.444. The zero-order valence-electron chi connectivity index (χ0n) is 6.22. The van der Waals surface area contributed by atoms with Crippen molar-refractivity contribution in [1.29, 1.82) is 0 Å². The first-order valence-electron chi connectivity index (χ1n) is 2.64. The monoisotopic (exact) mass is 203 g/mol. The van der Waals surface area contributed by atoms with Gasteiger partial charge in [0.2, 0.25) is 0 Å². The molecule has 0 spiro atoms. The van der Waals surface area contributed by atoms with Crippen LogP contribution in [0.15, 0.2) is 0 Å². The average Bonchev–Trinajstić information content (AvgIpc) is 1.64. The first-order chi connectivity index (χ1) is 3.55. The summed E-state index contributed by atoms with van der Waals surface area (Å²) in [6.45, 7) is 7.14. The normalized spacial score (nSPS) is 8.44. The molecule has 1 radical (unpaired) electrons. The molecule has 0 bridgehead atoms. The summed E-state index contributed by atoms with van der Waals surface area (Å²) in [7, 11) is 1.74. The van der Waals surface area contributed by atoms with Gasteiger partial charge < -0.3 is 16.6 Å². The maximum absolute atomic E-state index is 10.4. The summed E-state index contributed by atoms with van der Waals surface area (Å²) in [5, 5.41) is 0. The van der Waals surface area contributed by atoms with Crippen LogP contribution in [0.4, 0.5) is 0 Å². The maximum atomic E-state index is 10.4. The van der Waals surface area contributed by atoms with Gasteiger partial charge >= 0.3 is 0 Å². The molecule has 0 rings (SSSR count). The van der Waals surface area contributed by atoms with E-state index < -0.39 is 0 Å². The molecule has 51 valence electrons. The molecule has 2 nitrogen and oxygen atoms in total. The van der Waals surface area contributed by atoms with Gasteiger partial charge in [-0.05, 0) is 13.8 Å². The number of amides is 1. The molecule has 0 aromatic carbocycles. The minimum Gasteiger partial charge on any atom is -0.368 e. The summed E-state index contributed by atoms with van der Waals surface area (Å²) in [6.07, 6.45) is 0. The van der Waals surface area contributed by atoms with Crippen LogP contribution in [0.25, 0.3) is 0 Å². The van der Waals surface area contributed by atoms with Crippen molar-refractivity contribution in [2.45, 2.75) is 19.9 Å². The van der Waals surface area contributed by atoms with Crippen molar-refractivity contribution in [2.24, 2.45) is 0 Å². The van der Waals surface area contributed by atoms with Crippen LogP contribution in [0.2, 0.25) is 0 Å². The van der Waals surface area contributed by atoms with E-state index in [1.54, 1.807) is 11.9 Å². The maximum Gasteiger partial charge on any atom is 0.0822 e. The minimum absolute atomic E-state index is 0. The van der Waals surface area contributed by atoms with Crippen molar-refractivity contribution in [2.75, 3.05) is 7.05 Å². The predicted molar refractivity (Wildman–Crippen MR) is 33.3 cm³/mol. The van der Waals surface area contributed by atoms with Crippen LogP contribution >= 0.6 is 0 Å². The second kappa shape index (κ2) is 5.25. The van der Waals surface area contributed by atoms with Gasteiger partial charge in [-0.15, -0.1) is 0 Å². The van der Waals surface area contributed by atoms with Gasteiger partial charge in [0.15, 0.2) is 0 Å². The van der Waals surface area contributed by atoms with Crippen molar-refractivity contribution < 1.29 is 37.5 Å². The van der Waals surface area contributed by atoms with E-state index in [-0.39, 0.29) is 44.7 Å². The summed E-state index contributed by atoms with van der Waals surface area (Å²) < 4.78 is 0. The third-order valence-electron chi connectivity index (χ3n) is 1.17. The number of carbonyl (C=O) groups is 1. The summed E-state index contributed by atoms with van der Waals surface area (Å²) in [5.74, 6) is -0.125. The fraction of sp³-hybridized carbons (Fsp3) is 0.667. The van der Waals surface area contributed by atoms with E-state index >= 15 is 0 Å². The van der Waals surface area contributed by atoms with E-state index in [2.05, 4.69) is 6.92 Å². The van der Waals surface area contributed by atoms with Gasteiger partial charge in [-0.25, -0.2) is 0 Å². The van der Waals surface area contributed by atoms with E-state index in [0.29, 0.717) is 0 Å². The number of rotatable bonds is 1. The first-order valence-corrected chi connectivity index (χ1v) is 2.64. The molecule has 9 heavy (non-hydrogen) atoms. The Bertz CT molecular complexity index is 93.1. The molecule has 0 aromatic heterocycles. The van der Waals surface area contributed by atoms with Gasteiger partial charge in [0.25, 0.3) is 0 Å². The second-order valence-electron chi connectivity index (χ2n) is 2.10. The quantitative estimate of drug-likeness (QED) is 0.574. The van der Waals surface area contributed by atoms with Crippen LogP contribution in [-0.2, 0) is 37.5 Å². The average molecular weight is 203 g/mol. The summed E-state index contributed by atoms with van der Waals surface area (Å²) >= 11 is 0. The standard InChI is InChI=1S/C6H12NO.Y/c1-5(2)7(4)6(3)8;/h5H,3H2,1-2,4H3;/q-1;. The molecule has 0 unspecified atom stereocenters. The first kappa shape index (κ1) is 12.2. The van der Waals surface area contributed by atoms with Crippen molar-refractivity contribution in [1.82, 2.24) is 4.90 Å². The molecular formula is C6H12NOY-. The molecule has 0 fully saturated rings. The van der Waals surface area contributed by atoms with Crippen molar-refractivity contribution in [3.8, 4) is 0 Å². The Morgan fingerprint density at radius 2 is 1.89 bits per heavy atom. The minimum atomic E-state index is -0.125. The van der Waals surface area contributed by atoms with Gasteiger partial charge in [0, 0.05) is 45.8 Å². The number of nitrogens with zero attached hydrogens (tertiary/aromatic N) is 1. The Kier molecular flexibility index (Phi) is 7.08. The molecule has 0 aliphatic carbocycles. The van der Waals surface area contributed by atoms with Crippen LogP contribution in [0.5, 0.6) is 0 Å². The van der Waals surface area contributed by atoms with Gasteiger partial charge in [0.1, 0.15) is 0 Å². The summed E-state index contributed by atoms with van der Waals surface area (Å²) in [6, 6.07) is 0.264. The Morgan fingerprint density at radius 3 is 1.89 bits per heavy atom. The largest absolute Gasteiger partial charge is 0.368 e. The molecular weight excluding hydrogens is 191 g/mol. The molecule has 1 amide bonds. The van der Waals surface area contributed by atoms with Crippen LogP contribution in [-0.4, -0.2) is 23.9 Å². The Labute approximate surface area is 81.9 Å². The third kappa shape index (κ3) is 4.92. The summed E-state index contributed by atoms with van der Waals surface area (Å²) in [5.41, 5.74) is 0. The van der Waals surface area contributed by atoms with E-state index in [4.69, 9.17) is 0 Å². The molecule has 0 N–H and O–H groups in total. The van der Waals surface area contributed by atoms with E-state index in [9.17, 15) is 4.79 Å². The molecule has 0 heterocycles. The number of hydrogen-bond acceptors (Lipinski definition) is 1. The van der Waals surface area contributed by atoms with E-state index in [1.807, 2.05) is 13.8 Å². The molecule has 0 saturated heterocycles. The van der Waals surface area contributed by atoms with Gasteiger partial charge in [-0.1, -0.05) is 0 Å². The number of hydrogen-bond donors (Lipinski definition) is 0. The van der Waals surface area contributed by atoms with Crippen molar-refractivity contribution in [3.05, 3.63) is 6.92 Å². The van der Waals surface area contributed by atoms with Gasteiger partial charge in [0.05, 0.1) is 5.91 Å². The van der Waals surface area contributed by atoms with Crippen LogP contribution < -0.4 is 0 Å². The third-order valence-corrected chi connectivity index (χ3v) is 1.17. The molecule has 0 aliphatic rings. The summed E-state index contributed by atoms with van der Waals surface area (Å²) in [4.78, 5) is 12.0. The fourth-order valence-corrected chi connectivity index (χ4v) is 0.288. The predicted octanol–water partition coefficient (Wildman–Crippen LogP) is 0.685. The van der Waals surface area contributed by atoms with Gasteiger partial charge in [-0.3, -0.25) is 0 Å². The zero-order valence-corrected chi connectivity index (χ0v) is 9.06. The Balaban J connectivity index is 0. The van der Waals surface area contributed by atoms with Crippen LogP contribution in [0.3, 0.4) is 0 Å². The molecule has 0 aromatic rings. The topological polar surface area (TPSA) is 20.3 Å². The molecule has 3 heteroatoms. The Morgan fingerprint density at radius 1 is 1.56 bits per heavy atom. The van der Waals surface area contributed by atoms with Crippen molar-refractivity contribution in [3.63, 3.8) is 0 Å². The molecule has 0 atom stereocenters. The zero-order chi connectivity index (χ0) is 6.73. The molecule has 0 saturated carbocycles. The smallest absolute Gasteiger partial charge is 0.0822 e. The second-order valence-corrected chi connectivity index (χ2v) is 2.10. The SMILES string of the molecule is [CH2-]C(=O)N(C)C(C)C.[Y].